The standard InChI is InChI=1S/C32H34N4O2/c1-33-29(37)14-7-2-3-8-19-38-30-18-16-26(21-34-30)32(25-15-17-28-27(20-25)22-35-36-28)31(24-12-9-13-24)23-10-5-4-6-11-23/h4-7,10-11,14-18,20-22,24H,2-3,8-9,12-13,19H2,1H3,(H,33,37)(H,35,36)/b14-7+,32-31+. The fourth-order valence-corrected chi connectivity index (χ4v) is 4.90. The first kappa shape index (κ1) is 25.5. The van der Waals surface area contributed by atoms with Gasteiger partial charge in [0.2, 0.25) is 11.8 Å². The van der Waals surface area contributed by atoms with Gasteiger partial charge < -0.3 is 10.1 Å². The number of hydrogen-bond donors (Lipinski definition) is 2. The molecule has 1 aliphatic rings. The summed E-state index contributed by atoms with van der Waals surface area (Å²) in [5, 5.41) is 11.0. The Morgan fingerprint density at radius 2 is 1.87 bits per heavy atom. The zero-order valence-electron chi connectivity index (χ0n) is 21.8. The zero-order chi connectivity index (χ0) is 26.2. The van der Waals surface area contributed by atoms with Crippen molar-refractivity contribution in [3.8, 4) is 5.88 Å². The molecule has 2 aromatic carbocycles. The minimum Gasteiger partial charge on any atom is -0.478 e. The van der Waals surface area contributed by atoms with E-state index in [9.17, 15) is 4.79 Å². The topological polar surface area (TPSA) is 79.9 Å². The third-order valence-electron chi connectivity index (χ3n) is 7.15. The summed E-state index contributed by atoms with van der Waals surface area (Å²) in [7, 11) is 1.63. The number of benzene rings is 2. The fourth-order valence-electron chi connectivity index (χ4n) is 4.90. The average Bonchev–Trinajstić information content (AvgIpc) is 3.40. The summed E-state index contributed by atoms with van der Waals surface area (Å²) < 4.78 is 5.92. The lowest BCUT2D eigenvalue weighted by Crippen LogP contribution is -2.15. The number of aromatic nitrogens is 3. The molecule has 38 heavy (non-hydrogen) atoms. The first-order chi connectivity index (χ1) is 18.7. The highest BCUT2D eigenvalue weighted by atomic mass is 16.5. The highest BCUT2D eigenvalue weighted by Gasteiger charge is 2.27. The molecule has 1 fully saturated rings. The van der Waals surface area contributed by atoms with E-state index in [0.29, 0.717) is 18.4 Å². The van der Waals surface area contributed by atoms with Crippen LogP contribution >= 0.6 is 0 Å². The summed E-state index contributed by atoms with van der Waals surface area (Å²) in [4.78, 5) is 15.9. The Morgan fingerprint density at radius 1 is 1.03 bits per heavy atom. The van der Waals surface area contributed by atoms with E-state index in [0.717, 1.165) is 35.7 Å². The molecule has 0 atom stereocenters. The second kappa shape index (κ2) is 12.4. The smallest absolute Gasteiger partial charge is 0.243 e. The summed E-state index contributed by atoms with van der Waals surface area (Å²) in [5.41, 5.74) is 7.18. The number of allylic oxidation sites excluding steroid dienone is 2. The molecular formula is C32H34N4O2. The van der Waals surface area contributed by atoms with Crippen molar-refractivity contribution >= 4 is 28.0 Å². The van der Waals surface area contributed by atoms with Gasteiger partial charge in [-0.05, 0) is 84.6 Å². The molecule has 6 nitrogen and oxygen atoms in total. The summed E-state index contributed by atoms with van der Waals surface area (Å²) in [6, 6.07) is 21.4. The molecule has 6 heteroatoms. The summed E-state index contributed by atoms with van der Waals surface area (Å²) in [5.74, 6) is 1.08. The first-order valence-corrected chi connectivity index (χ1v) is 13.4. The van der Waals surface area contributed by atoms with Crippen molar-refractivity contribution in [3.05, 3.63) is 102 Å². The summed E-state index contributed by atoms with van der Waals surface area (Å²) >= 11 is 0. The van der Waals surface area contributed by atoms with E-state index in [1.807, 2.05) is 24.5 Å². The normalized spacial score (nSPS) is 14.3. The number of hydrogen-bond acceptors (Lipinski definition) is 4. The van der Waals surface area contributed by atoms with E-state index in [1.165, 1.54) is 41.5 Å². The molecule has 194 valence electrons. The van der Waals surface area contributed by atoms with Gasteiger partial charge in [0.15, 0.2) is 0 Å². The van der Waals surface area contributed by atoms with E-state index in [1.54, 1.807) is 13.1 Å². The van der Waals surface area contributed by atoms with Gasteiger partial charge in [0.1, 0.15) is 0 Å². The molecule has 5 rings (SSSR count). The minimum absolute atomic E-state index is 0.0728. The summed E-state index contributed by atoms with van der Waals surface area (Å²) in [6.45, 7) is 0.595. The van der Waals surface area contributed by atoms with Crippen LogP contribution in [0.5, 0.6) is 5.88 Å². The Kier molecular flexibility index (Phi) is 8.29. The van der Waals surface area contributed by atoms with Crippen LogP contribution in [0.2, 0.25) is 0 Å². The molecule has 1 saturated carbocycles. The Balaban J connectivity index is 1.39. The lowest BCUT2D eigenvalue weighted by atomic mass is 9.73. The van der Waals surface area contributed by atoms with Gasteiger partial charge in [-0.1, -0.05) is 48.9 Å². The molecule has 1 amide bonds. The molecular weight excluding hydrogens is 472 g/mol. The number of rotatable bonds is 11. The predicted octanol–water partition coefficient (Wildman–Crippen LogP) is 6.57. The average molecular weight is 507 g/mol. The molecule has 2 N–H and O–H groups in total. The molecule has 0 spiro atoms. The number of carbonyl (C=O) groups excluding carboxylic acids is 1. The molecule has 0 aliphatic heterocycles. The number of aromatic amines is 1. The van der Waals surface area contributed by atoms with Crippen LogP contribution in [0.3, 0.4) is 0 Å². The van der Waals surface area contributed by atoms with Crippen molar-refractivity contribution in [3.63, 3.8) is 0 Å². The van der Waals surface area contributed by atoms with Crippen LogP contribution in [0.1, 0.15) is 55.2 Å². The van der Waals surface area contributed by atoms with Gasteiger partial charge in [0, 0.05) is 30.3 Å². The van der Waals surface area contributed by atoms with Gasteiger partial charge in [0.05, 0.1) is 18.3 Å². The highest BCUT2D eigenvalue weighted by Crippen LogP contribution is 2.45. The molecule has 0 bridgehead atoms. The summed E-state index contributed by atoms with van der Waals surface area (Å²) in [6.07, 6.45) is 13.7. The Bertz CT molecular complexity index is 1420. The number of unbranched alkanes of at least 4 members (excludes halogenated alkanes) is 2. The highest BCUT2D eigenvalue weighted by molar-refractivity contribution is 6.01. The van der Waals surface area contributed by atoms with Crippen molar-refractivity contribution in [1.82, 2.24) is 20.5 Å². The van der Waals surface area contributed by atoms with Gasteiger partial charge in [-0.2, -0.15) is 5.10 Å². The minimum atomic E-state index is -0.0728. The molecule has 2 heterocycles. The van der Waals surface area contributed by atoms with Crippen LogP contribution in [-0.4, -0.2) is 34.7 Å². The number of carbonyl (C=O) groups is 1. The zero-order valence-corrected chi connectivity index (χ0v) is 21.8. The number of amides is 1. The van der Waals surface area contributed by atoms with Crippen molar-refractivity contribution in [1.29, 1.82) is 0 Å². The predicted molar refractivity (Wildman–Crippen MR) is 153 cm³/mol. The number of likely N-dealkylation sites (N-methyl/N-ethyl adjacent to an activating group) is 1. The largest absolute Gasteiger partial charge is 0.478 e. The molecule has 2 aromatic heterocycles. The van der Waals surface area contributed by atoms with Crippen LogP contribution in [0, 0.1) is 5.92 Å². The first-order valence-electron chi connectivity index (χ1n) is 13.4. The number of nitrogens with zero attached hydrogens (tertiary/aromatic N) is 2. The SMILES string of the molecule is CNC(=O)/C=C/CCCCOc1ccc(/C(=C(\c2ccccc2)C2CCC2)c2ccc3[nH]ncc3c2)cn1. The second-order valence-electron chi connectivity index (χ2n) is 9.70. The molecule has 0 unspecified atom stereocenters. The Labute approximate surface area is 223 Å². The molecule has 0 saturated heterocycles. The monoisotopic (exact) mass is 506 g/mol. The second-order valence-corrected chi connectivity index (χ2v) is 9.70. The van der Waals surface area contributed by atoms with E-state index < -0.39 is 0 Å². The quantitative estimate of drug-likeness (QED) is 0.137. The van der Waals surface area contributed by atoms with Gasteiger partial charge in [0.25, 0.3) is 0 Å². The molecule has 0 radical (unpaired) electrons. The maximum absolute atomic E-state index is 11.2. The third kappa shape index (κ3) is 6.02. The van der Waals surface area contributed by atoms with Crippen LogP contribution in [0.25, 0.3) is 22.0 Å². The van der Waals surface area contributed by atoms with Crippen molar-refractivity contribution in [2.45, 2.75) is 38.5 Å². The number of ether oxygens (including phenoxy) is 1. The van der Waals surface area contributed by atoms with E-state index in [4.69, 9.17) is 4.74 Å². The maximum atomic E-state index is 11.2. The van der Waals surface area contributed by atoms with Crippen LogP contribution in [0.4, 0.5) is 0 Å². The van der Waals surface area contributed by atoms with Gasteiger partial charge >= 0.3 is 0 Å². The van der Waals surface area contributed by atoms with Gasteiger partial charge in [-0.15, -0.1) is 0 Å². The van der Waals surface area contributed by atoms with E-state index in [2.05, 4.69) is 75.1 Å². The number of nitrogens with one attached hydrogen (secondary N) is 2. The Morgan fingerprint density at radius 3 is 2.61 bits per heavy atom. The maximum Gasteiger partial charge on any atom is 0.243 e. The van der Waals surface area contributed by atoms with Crippen molar-refractivity contribution < 1.29 is 9.53 Å². The number of H-pyrrole nitrogens is 1. The number of fused-ring (bicyclic) bond motifs is 1. The Hall–Kier alpha value is -4.19. The van der Waals surface area contributed by atoms with E-state index in [-0.39, 0.29) is 5.91 Å². The third-order valence-corrected chi connectivity index (χ3v) is 7.15. The lowest BCUT2D eigenvalue weighted by Gasteiger charge is -2.31. The van der Waals surface area contributed by atoms with Crippen molar-refractivity contribution in [2.75, 3.05) is 13.7 Å². The molecule has 4 aromatic rings. The van der Waals surface area contributed by atoms with E-state index >= 15 is 0 Å². The fraction of sp³-hybridized carbons (Fsp3) is 0.281. The lowest BCUT2D eigenvalue weighted by molar-refractivity contribution is -0.116. The van der Waals surface area contributed by atoms with Gasteiger partial charge in [-0.25, -0.2) is 4.98 Å². The molecule has 1 aliphatic carbocycles. The van der Waals surface area contributed by atoms with Crippen LogP contribution in [-0.2, 0) is 4.79 Å². The number of pyridine rings is 1. The van der Waals surface area contributed by atoms with Crippen molar-refractivity contribution in [2.24, 2.45) is 5.92 Å². The van der Waals surface area contributed by atoms with Crippen LogP contribution in [0.15, 0.2) is 85.2 Å². The van der Waals surface area contributed by atoms with Gasteiger partial charge in [-0.3, -0.25) is 9.89 Å². The van der Waals surface area contributed by atoms with Crippen LogP contribution < -0.4 is 10.1 Å².